The van der Waals surface area contributed by atoms with Crippen LogP contribution in [0.15, 0.2) is 29.6 Å². The molecule has 0 saturated heterocycles. The summed E-state index contributed by atoms with van der Waals surface area (Å²) in [5, 5.41) is 21.4. The smallest absolute Gasteiger partial charge is 0.195 e. The van der Waals surface area contributed by atoms with Gasteiger partial charge >= 0.3 is 0 Å². The zero-order valence-corrected chi connectivity index (χ0v) is 10.6. The average Bonchev–Trinajstić information content (AvgIpc) is 3.13. The largest absolute Gasteiger partial charge is 0.298 e. The van der Waals surface area contributed by atoms with Crippen LogP contribution < -0.4 is 5.32 Å². The number of nitrogens with one attached hydrogen (secondary N) is 1. The maximum Gasteiger partial charge on any atom is 0.195 e. The van der Waals surface area contributed by atoms with Gasteiger partial charge in [0.15, 0.2) is 10.8 Å². The van der Waals surface area contributed by atoms with E-state index in [1.54, 1.807) is 11.8 Å². The van der Waals surface area contributed by atoms with E-state index in [0.717, 1.165) is 10.8 Å². The molecular weight excluding hydrogens is 246 g/mol. The van der Waals surface area contributed by atoms with Crippen molar-refractivity contribution in [1.29, 1.82) is 5.26 Å². The molecule has 0 bridgehead atoms. The number of hydrogen-bond acceptors (Lipinski definition) is 5. The first kappa shape index (κ1) is 11.5. The number of thioether (sulfide) groups is 1. The summed E-state index contributed by atoms with van der Waals surface area (Å²) < 4.78 is 1.94. The highest BCUT2D eigenvalue weighted by Gasteiger charge is 2.24. The molecule has 1 saturated carbocycles. The fourth-order valence-corrected chi connectivity index (χ4v) is 2.61. The van der Waals surface area contributed by atoms with Crippen molar-refractivity contribution in [2.24, 2.45) is 0 Å². The van der Waals surface area contributed by atoms with Gasteiger partial charge in [-0.1, -0.05) is 17.8 Å². The minimum absolute atomic E-state index is 0.112. The molecule has 2 aromatic rings. The molecule has 18 heavy (non-hydrogen) atoms. The standard InChI is InChI=1S/C12H13N5S/c13-7-10(14-9-4-5-9)8-18-12-16-15-11-3-1-2-6-17(11)12/h1-3,6,9-10,14H,4-5,8H2. The number of fused-ring (bicyclic) bond motifs is 1. The number of nitriles is 1. The normalized spacial score (nSPS) is 16.6. The highest BCUT2D eigenvalue weighted by Crippen LogP contribution is 2.22. The molecule has 0 aliphatic heterocycles. The molecule has 1 aliphatic carbocycles. The predicted molar refractivity (Wildman–Crippen MR) is 69.3 cm³/mol. The van der Waals surface area contributed by atoms with E-state index in [1.165, 1.54) is 12.8 Å². The Balaban J connectivity index is 1.66. The minimum Gasteiger partial charge on any atom is -0.298 e. The van der Waals surface area contributed by atoms with E-state index in [9.17, 15) is 0 Å². The first-order valence-electron chi connectivity index (χ1n) is 5.95. The third kappa shape index (κ3) is 2.47. The van der Waals surface area contributed by atoms with Gasteiger partial charge in [-0.3, -0.25) is 9.72 Å². The number of hydrogen-bond donors (Lipinski definition) is 1. The average molecular weight is 259 g/mol. The van der Waals surface area contributed by atoms with Crippen molar-refractivity contribution in [3.63, 3.8) is 0 Å². The molecule has 2 aromatic heterocycles. The molecule has 1 unspecified atom stereocenters. The second-order valence-electron chi connectivity index (χ2n) is 4.35. The zero-order chi connectivity index (χ0) is 12.4. The van der Waals surface area contributed by atoms with E-state index in [-0.39, 0.29) is 6.04 Å². The Kier molecular flexibility index (Phi) is 3.17. The van der Waals surface area contributed by atoms with Crippen molar-refractivity contribution in [3.05, 3.63) is 24.4 Å². The van der Waals surface area contributed by atoms with Gasteiger partial charge < -0.3 is 0 Å². The number of pyridine rings is 1. The van der Waals surface area contributed by atoms with Gasteiger partial charge in [-0.25, -0.2) is 0 Å². The van der Waals surface area contributed by atoms with E-state index in [1.807, 2.05) is 28.8 Å². The van der Waals surface area contributed by atoms with Crippen LogP contribution in [0.2, 0.25) is 0 Å². The lowest BCUT2D eigenvalue weighted by Gasteiger charge is -2.08. The van der Waals surface area contributed by atoms with Gasteiger partial charge in [0.1, 0.15) is 6.04 Å². The molecule has 0 radical (unpaired) electrons. The van der Waals surface area contributed by atoms with Crippen LogP contribution in [-0.2, 0) is 0 Å². The van der Waals surface area contributed by atoms with Crippen LogP contribution >= 0.6 is 11.8 Å². The SMILES string of the molecule is N#CC(CSc1nnc2ccccn12)NC1CC1. The third-order valence-corrected chi connectivity index (χ3v) is 3.87. The summed E-state index contributed by atoms with van der Waals surface area (Å²) >= 11 is 1.56. The maximum atomic E-state index is 9.08. The molecule has 1 atom stereocenters. The number of rotatable bonds is 5. The molecule has 5 nitrogen and oxygen atoms in total. The molecule has 0 aromatic carbocycles. The highest BCUT2D eigenvalue weighted by molar-refractivity contribution is 7.99. The molecule has 1 N–H and O–H groups in total. The Morgan fingerprint density at radius 2 is 2.39 bits per heavy atom. The number of nitrogens with zero attached hydrogens (tertiary/aromatic N) is 4. The molecule has 1 fully saturated rings. The fraction of sp³-hybridized carbons (Fsp3) is 0.417. The zero-order valence-electron chi connectivity index (χ0n) is 9.78. The van der Waals surface area contributed by atoms with Crippen molar-refractivity contribution < 1.29 is 0 Å². The lowest BCUT2D eigenvalue weighted by atomic mass is 10.4. The summed E-state index contributed by atoms with van der Waals surface area (Å²) in [6, 6.07) is 8.53. The highest BCUT2D eigenvalue weighted by atomic mass is 32.2. The van der Waals surface area contributed by atoms with E-state index in [0.29, 0.717) is 11.8 Å². The van der Waals surface area contributed by atoms with Crippen LogP contribution in [0.1, 0.15) is 12.8 Å². The third-order valence-electron chi connectivity index (χ3n) is 2.83. The molecule has 0 spiro atoms. The first-order chi connectivity index (χ1) is 8.86. The quantitative estimate of drug-likeness (QED) is 0.824. The Bertz CT molecular complexity index is 583. The summed E-state index contributed by atoms with van der Waals surface area (Å²) in [5.41, 5.74) is 0.837. The molecule has 2 heterocycles. The predicted octanol–water partition coefficient (Wildman–Crippen LogP) is 1.47. The van der Waals surface area contributed by atoms with Crippen molar-refractivity contribution in [3.8, 4) is 6.07 Å². The molecule has 6 heteroatoms. The topological polar surface area (TPSA) is 66.0 Å². The van der Waals surface area contributed by atoms with Crippen molar-refractivity contribution in [2.45, 2.75) is 30.1 Å². The summed E-state index contributed by atoms with van der Waals surface area (Å²) in [7, 11) is 0. The molecular formula is C12H13N5S. The lowest BCUT2D eigenvalue weighted by molar-refractivity contribution is 0.643. The van der Waals surface area contributed by atoms with Gasteiger partial charge in [0.2, 0.25) is 0 Å². The Morgan fingerprint density at radius 3 is 3.17 bits per heavy atom. The summed E-state index contributed by atoms with van der Waals surface area (Å²) in [4.78, 5) is 0. The Hall–Kier alpha value is -1.58. The summed E-state index contributed by atoms with van der Waals surface area (Å²) in [6.45, 7) is 0. The second-order valence-corrected chi connectivity index (χ2v) is 5.33. The van der Waals surface area contributed by atoms with Crippen LogP contribution in [0.5, 0.6) is 0 Å². The van der Waals surface area contributed by atoms with Crippen LogP contribution in [0, 0.1) is 11.3 Å². The lowest BCUT2D eigenvalue weighted by Crippen LogP contribution is -2.31. The van der Waals surface area contributed by atoms with Gasteiger partial charge in [-0.05, 0) is 25.0 Å². The molecule has 92 valence electrons. The summed E-state index contributed by atoms with van der Waals surface area (Å²) in [5.74, 6) is 0.697. The first-order valence-corrected chi connectivity index (χ1v) is 6.93. The Morgan fingerprint density at radius 1 is 1.50 bits per heavy atom. The monoisotopic (exact) mass is 259 g/mol. The second kappa shape index (κ2) is 4.96. The van der Waals surface area contributed by atoms with E-state index < -0.39 is 0 Å². The molecule has 3 rings (SSSR count). The van der Waals surface area contributed by atoms with Crippen LogP contribution in [0.3, 0.4) is 0 Å². The summed E-state index contributed by atoms with van der Waals surface area (Å²) in [6.07, 6.45) is 4.32. The Labute approximate surface area is 109 Å². The maximum absolute atomic E-state index is 9.08. The van der Waals surface area contributed by atoms with Crippen LogP contribution in [-0.4, -0.2) is 32.4 Å². The van der Waals surface area contributed by atoms with Gasteiger partial charge in [0.05, 0.1) is 6.07 Å². The van der Waals surface area contributed by atoms with Crippen molar-refractivity contribution in [1.82, 2.24) is 19.9 Å². The van der Waals surface area contributed by atoms with E-state index in [4.69, 9.17) is 5.26 Å². The van der Waals surface area contributed by atoms with Gasteiger partial charge in [-0.15, -0.1) is 10.2 Å². The molecule has 0 amide bonds. The van der Waals surface area contributed by atoms with Crippen LogP contribution in [0.25, 0.3) is 5.65 Å². The van der Waals surface area contributed by atoms with Crippen molar-refractivity contribution >= 4 is 17.4 Å². The van der Waals surface area contributed by atoms with Gasteiger partial charge in [0.25, 0.3) is 0 Å². The van der Waals surface area contributed by atoms with Crippen molar-refractivity contribution in [2.75, 3.05) is 5.75 Å². The van der Waals surface area contributed by atoms with Gasteiger partial charge in [-0.2, -0.15) is 5.26 Å². The van der Waals surface area contributed by atoms with E-state index in [2.05, 4.69) is 21.6 Å². The van der Waals surface area contributed by atoms with E-state index >= 15 is 0 Å². The number of aromatic nitrogens is 3. The minimum atomic E-state index is -0.112. The van der Waals surface area contributed by atoms with Crippen LogP contribution in [0.4, 0.5) is 0 Å². The van der Waals surface area contributed by atoms with Gasteiger partial charge in [0, 0.05) is 18.0 Å². The molecule has 1 aliphatic rings. The fourth-order valence-electron chi connectivity index (χ4n) is 1.73.